The number of H-pyrrole nitrogens is 1. The maximum atomic E-state index is 12.9. The van der Waals surface area contributed by atoms with Gasteiger partial charge >= 0.3 is 0 Å². The van der Waals surface area contributed by atoms with Crippen molar-refractivity contribution in [1.82, 2.24) is 10.3 Å². The molecule has 31 heavy (non-hydrogen) atoms. The Morgan fingerprint density at radius 3 is 2.71 bits per heavy atom. The number of rotatable bonds is 6. The highest BCUT2D eigenvalue weighted by atomic mass is 35.5. The fraction of sp³-hybridized carbons (Fsp3) is 0.160. The maximum Gasteiger partial charge on any atom is 0.231 e. The number of para-hydroxylation sites is 1. The molecule has 4 aromatic rings. The summed E-state index contributed by atoms with van der Waals surface area (Å²) in [5.41, 5.74) is 4.16. The summed E-state index contributed by atoms with van der Waals surface area (Å²) in [7, 11) is 0. The van der Waals surface area contributed by atoms with Crippen LogP contribution in [0.2, 0.25) is 5.02 Å². The first-order valence-electron chi connectivity index (χ1n) is 10.1. The van der Waals surface area contributed by atoms with E-state index in [9.17, 15) is 4.79 Å². The number of hydrogen-bond donors (Lipinski definition) is 2. The molecule has 0 aliphatic carbocycles. The van der Waals surface area contributed by atoms with Crippen LogP contribution in [-0.2, 0) is 11.3 Å². The van der Waals surface area contributed by atoms with E-state index in [0.29, 0.717) is 23.7 Å². The van der Waals surface area contributed by atoms with Crippen molar-refractivity contribution in [2.75, 3.05) is 6.79 Å². The monoisotopic (exact) mass is 432 g/mol. The van der Waals surface area contributed by atoms with Gasteiger partial charge in [-0.2, -0.15) is 0 Å². The minimum atomic E-state index is -0.0924. The largest absolute Gasteiger partial charge is 0.454 e. The van der Waals surface area contributed by atoms with Crippen LogP contribution in [0.15, 0.2) is 72.9 Å². The van der Waals surface area contributed by atoms with Gasteiger partial charge in [-0.05, 0) is 47.0 Å². The van der Waals surface area contributed by atoms with Crippen LogP contribution in [0.5, 0.6) is 11.5 Å². The third-order valence-corrected chi connectivity index (χ3v) is 5.84. The molecule has 1 atom stereocenters. The molecule has 1 aliphatic heterocycles. The van der Waals surface area contributed by atoms with Crippen LogP contribution in [-0.4, -0.2) is 17.7 Å². The Labute approximate surface area is 184 Å². The summed E-state index contributed by atoms with van der Waals surface area (Å²) < 4.78 is 10.8. The van der Waals surface area contributed by atoms with Gasteiger partial charge in [-0.15, -0.1) is 0 Å². The Morgan fingerprint density at radius 1 is 1.03 bits per heavy atom. The van der Waals surface area contributed by atoms with Gasteiger partial charge in [-0.25, -0.2) is 0 Å². The van der Waals surface area contributed by atoms with Gasteiger partial charge in [0.1, 0.15) is 0 Å². The Morgan fingerprint density at radius 2 is 1.84 bits per heavy atom. The van der Waals surface area contributed by atoms with Crippen LogP contribution in [0, 0.1) is 0 Å². The molecule has 1 aromatic heterocycles. The van der Waals surface area contributed by atoms with Gasteiger partial charge in [0.05, 0.1) is 0 Å². The zero-order chi connectivity index (χ0) is 21.2. The van der Waals surface area contributed by atoms with Gasteiger partial charge in [0.25, 0.3) is 0 Å². The first-order valence-corrected chi connectivity index (χ1v) is 10.5. The SMILES string of the molecule is O=C(C[C@H](c1ccc(Cl)cc1)c1c[nH]c2ccccc12)NCc1ccc2c(c1)OCO2. The number of aromatic nitrogens is 1. The molecule has 1 aliphatic rings. The number of carbonyl (C=O) groups excluding carboxylic acids is 1. The average molecular weight is 433 g/mol. The number of aromatic amines is 1. The molecule has 1 amide bonds. The number of amides is 1. The fourth-order valence-electron chi connectivity index (χ4n) is 3.99. The fourth-order valence-corrected chi connectivity index (χ4v) is 4.12. The Kier molecular flexibility index (Phi) is 5.26. The maximum absolute atomic E-state index is 12.9. The minimum Gasteiger partial charge on any atom is -0.454 e. The highest BCUT2D eigenvalue weighted by Gasteiger charge is 2.22. The third kappa shape index (κ3) is 4.09. The van der Waals surface area contributed by atoms with E-state index >= 15 is 0 Å². The molecule has 0 saturated carbocycles. The number of fused-ring (bicyclic) bond motifs is 2. The van der Waals surface area contributed by atoms with Gasteiger partial charge in [0.15, 0.2) is 11.5 Å². The summed E-state index contributed by atoms with van der Waals surface area (Å²) in [6, 6.07) is 21.5. The smallest absolute Gasteiger partial charge is 0.231 e. The lowest BCUT2D eigenvalue weighted by atomic mass is 9.88. The lowest BCUT2D eigenvalue weighted by Crippen LogP contribution is -2.25. The van der Waals surface area contributed by atoms with Crippen LogP contribution in [0.3, 0.4) is 0 Å². The molecule has 0 radical (unpaired) electrons. The second kappa shape index (κ2) is 8.36. The van der Waals surface area contributed by atoms with Crippen molar-refractivity contribution in [1.29, 1.82) is 0 Å². The van der Waals surface area contributed by atoms with E-state index in [0.717, 1.165) is 33.3 Å². The molecule has 2 heterocycles. The molecule has 0 fully saturated rings. The van der Waals surface area contributed by atoms with E-state index in [2.05, 4.69) is 16.4 Å². The number of benzene rings is 3. The molecule has 0 spiro atoms. The van der Waals surface area contributed by atoms with Crippen molar-refractivity contribution in [2.24, 2.45) is 0 Å². The zero-order valence-electron chi connectivity index (χ0n) is 16.7. The predicted molar refractivity (Wildman–Crippen MR) is 121 cm³/mol. The Hall–Kier alpha value is -3.44. The standard InChI is InChI=1S/C25H21ClN2O3/c26-18-8-6-17(7-9-18)20(21-14-27-22-4-2-1-3-19(21)22)12-25(29)28-13-16-5-10-23-24(11-16)31-15-30-23/h1-11,14,20,27H,12-13,15H2,(H,28,29)/t20-/m1/s1. The molecule has 2 N–H and O–H groups in total. The van der Waals surface area contributed by atoms with Crippen molar-refractivity contribution < 1.29 is 14.3 Å². The van der Waals surface area contributed by atoms with E-state index in [4.69, 9.17) is 21.1 Å². The van der Waals surface area contributed by atoms with Crippen molar-refractivity contribution in [3.63, 3.8) is 0 Å². The topological polar surface area (TPSA) is 63.4 Å². The summed E-state index contributed by atoms with van der Waals surface area (Å²) >= 11 is 6.10. The molecule has 6 heteroatoms. The predicted octanol–water partition coefficient (Wildman–Crippen LogP) is 5.39. The lowest BCUT2D eigenvalue weighted by Gasteiger charge is -2.17. The number of ether oxygens (including phenoxy) is 2. The van der Waals surface area contributed by atoms with E-state index in [1.54, 1.807) is 0 Å². The van der Waals surface area contributed by atoms with E-state index < -0.39 is 0 Å². The molecule has 5 nitrogen and oxygen atoms in total. The first kappa shape index (κ1) is 19.5. The van der Waals surface area contributed by atoms with Gasteiger partial charge < -0.3 is 19.8 Å². The van der Waals surface area contributed by atoms with E-state index in [-0.39, 0.29) is 18.6 Å². The highest BCUT2D eigenvalue weighted by Crippen LogP contribution is 2.34. The molecule has 0 bridgehead atoms. The van der Waals surface area contributed by atoms with Gasteiger partial charge in [-0.1, -0.05) is 48.0 Å². The normalized spacial score (nSPS) is 13.3. The third-order valence-electron chi connectivity index (χ3n) is 5.59. The molecule has 3 aromatic carbocycles. The van der Waals surface area contributed by atoms with Crippen molar-refractivity contribution in [2.45, 2.75) is 18.9 Å². The van der Waals surface area contributed by atoms with E-state index in [1.165, 1.54) is 0 Å². The molecule has 0 unspecified atom stereocenters. The van der Waals surface area contributed by atoms with Crippen molar-refractivity contribution >= 4 is 28.4 Å². The molecule has 5 rings (SSSR count). The summed E-state index contributed by atoms with van der Waals surface area (Å²) in [6.45, 7) is 0.662. The second-order valence-electron chi connectivity index (χ2n) is 7.56. The quantitative estimate of drug-likeness (QED) is 0.429. The van der Waals surface area contributed by atoms with E-state index in [1.807, 2.05) is 66.9 Å². The number of halogens is 1. The Bertz CT molecular complexity index is 1230. The first-order chi connectivity index (χ1) is 15.2. The van der Waals surface area contributed by atoms with Crippen LogP contribution < -0.4 is 14.8 Å². The van der Waals surface area contributed by atoms with Crippen molar-refractivity contribution in [3.05, 3.63) is 94.6 Å². The average Bonchev–Trinajstić information content (AvgIpc) is 3.43. The summed E-state index contributed by atoms with van der Waals surface area (Å²) in [4.78, 5) is 16.2. The minimum absolute atomic E-state index is 0.0251. The molecular weight excluding hydrogens is 412 g/mol. The molecular formula is C25H21ClN2O3. The van der Waals surface area contributed by atoms with Gasteiger partial charge in [0.2, 0.25) is 12.7 Å². The highest BCUT2D eigenvalue weighted by molar-refractivity contribution is 6.30. The Balaban J connectivity index is 1.36. The van der Waals surface area contributed by atoms with Crippen LogP contribution >= 0.6 is 11.6 Å². The number of nitrogens with one attached hydrogen (secondary N) is 2. The van der Waals surface area contributed by atoms with Crippen LogP contribution in [0.25, 0.3) is 10.9 Å². The summed E-state index contributed by atoms with van der Waals surface area (Å²) in [5.74, 6) is 1.33. The summed E-state index contributed by atoms with van der Waals surface area (Å²) in [5, 5.41) is 4.83. The van der Waals surface area contributed by atoms with Gasteiger partial charge in [-0.3, -0.25) is 4.79 Å². The van der Waals surface area contributed by atoms with Crippen LogP contribution in [0.4, 0.5) is 0 Å². The number of carbonyl (C=O) groups is 1. The second-order valence-corrected chi connectivity index (χ2v) is 8.00. The van der Waals surface area contributed by atoms with Crippen molar-refractivity contribution in [3.8, 4) is 11.5 Å². The zero-order valence-corrected chi connectivity index (χ0v) is 17.5. The summed E-state index contributed by atoms with van der Waals surface area (Å²) in [6.07, 6.45) is 2.32. The van der Waals surface area contributed by atoms with Crippen LogP contribution in [0.1, 0.15) is 29.0 Å². The molecule has 156 valence electrons. The lowest BCUT2D eigenvalue weighted by molar-refractivity contribution is -0.121. The number of hydrogen-bond acceptors (Lipinski definition) is 3. The van der Waals surface area contributed by atoms with Gasteiger partial charge in [0, 0.05) is 41.0 Å². The molecule has 0 saturated heterocycles.